The van der Waals surface area contributed by atoms with E-state index in [1.54, 1.807) is 14.1 Å². The molecule has 0 saturated carbocycles. The molecule has 0 heterocycles. The first-order valence-electron chi connectivity index (χ1n) is 19.2. The largest absolute Gasteiger partial charge is 1.00 e. The predicted octanol–water partition coefficient (Wildman–Crippen LogP) is 8.74. The van der Waals surface area contributed by atoms with Gasteiger partial charge in [0.15, 0.2) is 0 Å². The van der Waals surface area contributed by atoms with Gasteiger partial charge in [-0.25, -0.2) is 14.1 Å². The summed E-state index contributed by atoms with van der Waals surface area (Å²) < 4.78 is 4.86. The Morgan fingerprint density at radius 2 is 0.783 bits per heavy atom. The lowest BCUT2D eigenvalue weighted by Gasteiger charge is -2.23. The molecule has 0 atom stereocenters. The summed E-state index contributed by atoms with van der Waals surface area (Å²) in [7, 11) is 3.22. The number of unbranched alkanes of at least 4 members (excludes halogenated alkanes) is 22. The van der Waals surface area contributed by atoms with E-state index in [4.69, 9.17) is 4.74 Å². The molecule has 6 heteroatoms. The van der Waals surface area contributed by atoms with E-state index in [1.165, 1.54) is 116 Å². The van der Waals surface area contributed by atoms with E-state index in [0.717, 1.165) is 51.4 Å². The smallest absolute Gasteiger partial charge is 0.358 e. The van der Waals surface area contributed by atoms with Gasteiger partial charge in [0.1, 0.15) is 0 Å². The number of likely N-dealkylation sites (N-methyl/N-ethyl adjacent to an activating group) is 1. The highest BCUT2D eigenvalue weighted by Gasteiger charge is 2.35. The van der Waals surface area contributed by atoms with Crippen LogP contribution in [0, 0.1) is 0 Å². The van der Waals surface area contributed by atoms with E-state index < -0.39 is 0 Å². The number of nitrogens with zero attached hydrogens (tertiary/aromatic N) is 1. The number of rotatable bonds is 32. The third-order valence-electron chi connectivity index (χ3n) is 8.90. The minimum atomic E-state index is -0.357. The van der Waals surface area contributed by atoms with Gasteiger partial charge in [0, 0.05) is 6.42 Å². The van der Waals surface area contributed by atoms with Crippen LogP contribution in [-0.4, -0.2) is 43.0 Å². The number of hydrogen-bond acceptors (Lipinski definition) is 4. The van der Waals surface area contributed by atoms with Gasteiger partial charge in [-0.1, -0.05) is 141 Å². The van der Waals surface area contributed by atoms with E-state index in [0.29, 0.717) is 12.8 Å². The lowest BCUT2D eigenvalue weighted by molar-refractivity contribution is -0.736. The zero-order valence-corrected chi connectivity index (χ0v) is 31.5. The van der Waals surface area contributed by atoms with Crippen LogP contribution in [0.3, 0.4) is 0 Å². The maximum atomic E-state index is 12.7. The Hall–Kier alpha value is -1.46. The third-order valence-corrected chi connectivity index (χ3v) is 8.90. The van der Waals surface area contributed by atoms with Gasteiger partial charge in [-0.05, 0) is 64.2 Å². The van der Waals surface area contributed by atoms with Crippen molar-refractivity contribution in [2.75, 3.05) is 20.7 Å². The number of hydrogen-bond donors (Lipinski definition) is 0. The van der Waals surface area contributed by atoms with Crippen LogP contribution in [0.25, 0.3) is 0 Å². The molecule has 46 heavy (non-hydrogen) atoms. The van der Waals surface area contributed by atoms with Crippen molar-refractivity contribution >= 4 is 17.8 Å². The van der Waals surface area contributed by atoms with E-state index in [-0.39, 0.29) is 41.3 Å². The summed E-state index contributed by atoms with van der Waals surface area (Å²) in [5.74, 6) is -0.803. The molecule has 0 aliphatic rings. The van der Waals surface area contributed by atoms with Crippen LogP contribution in [0.5, 0.6) is 0 Å². The quantitative estimate of drug-likeness (QED) is 0.0312. The van der Waals surface area contributed by atoms with Gasteiger partial charge < -0.3 is 17.1 Å². The number of carbonyl (C=O) groups excluding carboxylic acids is 3. The van der Waals surface area contributed by atoms with Gasteiger partial charge in [-0.2, -0.15) is 0 Å². The Labute approximate surface area is 291 Å². The van der Waals surface area contributed by atoms with E-state index in [9.17, 15) is 14.4 Å². The van der Waals surface area contributed by atoms with Crippen molar-refractivity contribution in [1.29, 1.82) is 0 Å². The Morgan fingerprint density at radius 1 is 0.457 bits per heavy atom. The number of halogens is 1. The fourth-order valence-electron chi connectivity index (χ4n) is 5.48. The summed E-state index contributed by atoms with van der Waals surface area (Å²) in [6.45, 7) is 4.19. The molecule has 0 spiro atoms. The predicted molar refractivity (Wildman–Crippen MR) is 192 cm³/mol. The molecule has 0 bridgehead atoms. The zero-order valence-electron chi connectivity index (χ0n) is 30.8. The number of imide groups is 1. The normalized spacial score (nSPS) is 11.7. The summed E-state index contributed by atoms with van der Waals surface area (Å²) in [5, 5.41) is 0. The van der Waals surface area contributed by atoms with E-state index in [2.05, 4.69) is 38.2 Å². The standard InChI is InChI=1S/C40H74NO4.ClH/c1-5-7-9-11-13-15-17-19-21-23-25-27-29-31-33-35-38(42)41(3,4)39(43)37-45-40(44)36-34-32-30-28-26-24-22-20-18-16-14-12-10-8-6-2;/h19-22H,5-18,23-37H2,1-4H3;1H/q+1;/p-1. The second kappa shape index (κ2) is 34.9. The molecule has 0 radical (unpaired) electrons. The summed E-state index contributed by atoms with van der Waals surface area (Å²) in [5.41, 5.74) is 0. The topological polar surface area (TPSA) is 60.4 Å². The first-order valence-corrected chi connectivity index (χ1v) is 19.2. The van der Waals surface area contributed by atoms with Crippen LogP contribution in [0.1, 0.15) is 194 Å². The highest BCUT2D eigenvalue weighted by molar-refractivity contribution is 5.86. The van der Waals surface area contributed by atoms with Gasteiger partial charge in [0.2, 0.25) is 6.61 Å². The summed E-state index contributed by atoms with van der Waals surface area (Å²) in [6, 6.07) is 0. The fourth-order valence-corrected chi connectivity index (χ4v) is 5.48. The minimum Gasteiger partial charge on any atom is -1.00 e. The number of ether oxygens (including phenoxy) is 1. The van der Waals surface area contributed by atoms with Crippen LogP contribution in [-0.2, 0) is 19.1 Å². The van der Waals surface area contributed by atoms with Crippen molar-refractivity contribution in [3.05, 3.63) is 24.3 Å². The molecule has 0 aromatic heterocycles. The molecular formula is C40H74ClNO4. The lowest BCUT2D eigenvalue weighted by Crippen LogP contribution is -3.00. The highest BCUT2D eigenvalue weighted by atomic mass is 35.5. The monoisotopic (exact) mass is 668 g/mol. The molecule has 0 saturated heterocycles. The van der Waals surface area contributed by atoms with Crippen molar-refractivity contribution in [1.82, 2.24) is 0 Å². The molecule has 0 N–H and O–H groups in total. The van der Waals surface area contributed by atoms with Crippen molar-refractivity contribution < 1.29 is 36.0 Å². The van der Waals surface area contributed by atoms with Crippen molar-refractivity contribution in [2.24, 2.45) is 0 Å². The summed E-state index contributed by atoms with van der Waals surface area (Å²) >= 11 is 0. The Morgan fingerprint density at radius 3 is 1.17 bits per heavy atom. The Kier molecular flexibility index (Phi) is 35.4. The van der Waals surface area contributed by atoms with Gasteiger partial charge in [-0.3, -0.25) is 4.79 Å². The van der Waals surface area contributed by atoms with Crippen molar-refractivity contribution in [3.8, 4) is 0 Å². The minimum absolute atomic E-state index is 0. The zero-order chi connectivity index (χ0) is 33.3. The molecule has 0 aromatic carbocycles. The van der Waals surface area contributed by atoms with E-state index >= 15 is 0 Å². The van der Waals surface area contributed by atoms with E-state index in [1.807, 2.05) is 0 Å². The van der Waals surface area contributed by atoms with Gasteiger partial charge in [-0.15, -0.1) is 0 Å². The summed E-state index contributed by atoms with van der Waals surface area (Å²) in [4.78, 5) is 37.5. The second-order valence-corrected chi connectivity index (χ2v) is 13.6. The van der Waals surface area contributed by atoms with Crippen LogP contribution < -0.4 is 12.4 Å². The van der Waals surface area contributed by atoms with Crippen LogP contribution >= 0.6 is 0 Å². The first-order chi connectivity index (χ1) is 21.9. The van der Waals surface area contributed by atoms with Gasteiger partial charge >= 0.3 is 17.8 Å². The molecule has 270 valence electrons. The Balaban J connectivity index is 0. The van der Waals surface area contributed by atoms with Gasteiger partial charge in [0.05, 0.1) is 20.5 Å². The molecule has 0 aliphatic carbocycles. The van der Waals surface area contributed by atoms with Crippen LogP contribution in [0.15, 0.2) is 24.3 Å². The van der Waals surface area contributed by atoms with Crippen molar-refractivity contribution in [3.63, 3.8) is 0 Å². The molecule has 0 unspecified atom stereocenters. The fraction of sp³-hybridized carbons (Fsp3) is 0.825. The molecule has 0 fully saturated rings. The number of amides is 2. The van der Waals surface area contributed by atoms with Crippen molar-refractivity contribution in [2.45, 2.75) is 194 Å². The summed E-state index contributed by atoms with van der Waals surface area (Å²) in [6.07, 6.45) is 41.5. The molecule has 0 aromatic rings. The number of esters is 1. The molecule has 5 nitrogen and oxygen atoms in total. The van der Waals surface area contributed by atoms with Crippen LogP contribution in [0.4, 0.5) is 0 Å². The number of quaternary nitrogens is 1. The molecule has 0 rings (SSSR count). The lowest BCUT2D eigenvalue weighted by atomic mass is 10.1. The number of carbonyl (C=O) groups is 3. The average molecular weight is 668 g/mol. The molecular weight excluding hydrogens is 594 g/mol. The highest BCUT2D eigenvalue weighted by Crippen LogP contribution is 2.14. The molecule has 0 aliphatic heterocycles. The van der Waals surface area contributed by atoms with Gasteiger partial charge in [0.25, 0.3) is 0 Å². The average Bonchev–Trinajstić information content (AvgIpc) is 3.03. The first kappa shape index (κ1) is 46.7. The SMILES string of the molecule is CCCCCCCCC=CCCCCCCCC(=O)OCC(=O)[N+](C)(C)C(=O)CCCCCCCC=CCCCCCCCC.[Cl-]. The maximum absolute atomic E-state index is 12.7. The van der Waals surface area contributed by atoms with Crippen LogP contribution in [0.2, 0.25) is 0 Å². The Bertz CT molecular complexity index is 777. The number of allylic oxidation sites excluding steroid dienone is 4. The molecule has 2 amide bonds. The second-order valence-electron chi connectivity index (χ2n) is 13.6. The maximum Gasteiger partial charge on any atom is 0.358 e. The third kappa shape index (κ3) is 29.9.